The summed E-state index contributed by atoms with van der Waals surface area (Å²) in [5, 5.41) is 2.33. The number of amides is 2. The van der Waals surface area contributed by atoms with Crippen LogP contribution in [-0.2, 0) is 44.5 Å². The maximum atomic E-state index is 13.5. The monoisotopic (exact) mass is 674 g/mol. The lowest BCUT2D eigenvalue weighted by molar-refractivity contribution is -0.137. The highest BCUT2D eigenvalue weighted by Gasteiger charge is 2.68. The van der Waals surface area contributed by atoms with Gasteiger partial charge in [-0.1, -0.05) is 41.5 Å². The summed E-state index contributed by atoms with van der Waals surface area (Å²) in [6.45, 7) is 21.1. The molecule has 1 aromatic heterocycles. The fourth-order valence-corrected chi connectivity index (χ4v) is 8.05. The molecule has 0 saturated carbocycles. The van der Waals surface area contributed by atoms with Gasteiger partial charge in [0.05, 0.1) is 17.7 Å². The average Bonchev–Trinajstić information content (AvgIpc) is 3.29. The van der Waals surface area contributed by atoms with E-state index in [9.17, 15) is 27.6 Å². The Morgan fingerprint density at radius 2 is 1.61 bits per heavy atom. The Hall–Kier alpha value is -2.42. The summed E-state index contributed by atoms with van der Waals surface area (Å²) in [4.78, 5) is 50.6. The van der Waals surface area contributed by atoms with E-state index >= 15 is 0 Å². The molecule has 248 valence electrons. The van der Waals surface area contributed by atoms with Crippen molar-refractivity contribution < 1.29 is 35.8 Å². The van der Waals surface area contributed by atoms with E-state index in [4.69, 9.17) is 23.5 Å². The molecule has 4 atom stereocenters. The van der Waals surface area contributed by atoms with Crippen LogP contribution >= 0.6 is 0 Å². The largest absolute Gasteiger partial charge is 0.414 e. The fraction of sp³-hybridized carbons (Fsp3) is 0.704. The van der Waals surface area contributed by atoms with Crippen LogP contribution in [0.25, 0.3) is 0 Å². The number of hydrogen-bond donors (Lipinski definition) is 2. The van der Waals surface area contributed by atoms with Crippen LogP contribution in [0.15, 0.2) is 26.9 Å². The van der Waals surface area contributed by atoms with E-state index in [0.717, 1.165) is 9.13 Å². The minimum Gasteiger partial charge on any atom is -0.414 e. The number of ether oxygens (including phenoxy) is 1. The number of aryl methyl sites for hydroxylation is 1. The van der Waals surface area contributed by atoms with E-state index in [2.05, 4.69) is 5.32 Å². The number of nitrogens with one attached hydrogen (secondary N) is 1. The molecule has 44 heavy (non-hydrogen) atoms. The molecule has 14 nitrogen and oxygen atoms in total. The van der Waals surface area contributed by atoms with Gasteiger partial charge < -0.3 is 24.6 Å². The molecule has 1 fully saturated rings. The topological polar surface area (TPSA) is 187 Å². The number of nitrogens with two attached hydrogens (primary N) is 1. The van der Waals surface area contributed by atoms with Crippen LogP contribution in [0.3, 0.4) is 0 Å². The molecule has 3 N–H and O–H groups in total. The maximum Gasteiger partial charge on any atom is 0.332 e. The summed E-state index contributed by atoms with van der Waals surface area (Å²) >= 11 is 0. The van der Waals surface area contributed by atoms with Gasteiger partial charge in [0.1, 0.15) is 12.2 Å². The van der Waals surface area contributed by atoms with Crippen LogP contribution in [0.5, 0.6) is 0 Å². The Morgan fingerprint density at radius 1 is 1.07 bits per heavy atom. The number of primary amides is 1. The Balaban J connectivity index is 2.38. The predicted molar refractivity (Wildman–Crippen MR) is 168 cm³/mol. The van der Waals surface area contributed by atoms with E-state index in [1.54, 1.807) is 0 Å². The molecule has 2 aliphatic heterocycles. The van der Waals surface area contributed by atoms with Gasteiger partial charge in [0.25, 0.3) is 15.7 Å². The number of hydrogen-bond acceptors (Lipinski definition) is 10. The molecular formula is C27H46N4O10SSi2. The van der Waals surface area contributed by atoms with Crippen molar-refractivity contribution in [1.82, 2.24) is 14.5 Å². The summed E-state index contributed by atoms with van der Waals surface area (Å²) in [5.74, 6) is -2.65. The van der Waals surface area contributed by atoms with Crippen LogP contribution < -0.4 is 22.3 Å². The SMILES string of the molecule is Cc1cn([C@@H]2OC(CO[Si](C)(C)C(C)(C)C)C3(OS(=O)(=O)C=C3NC(=O)C(N)=O)[C@H]2O[Si](C)(C)C(C)(C)C)c(=O)n(C)c1=O. The van der Waals surface area contributed by atoms with E-state index in [1.807, 2.05) is 67.7 Å². The van der Waals surface area contributed by atoms with Gasteiger partial charge in [-0.05, 0) is 43.2 Å². The van der Waals surface area contributed by atoms with Crippen molar-refractivity contribution >= 4 is 38.6 Å². The molecule has 0 aromatic carbocycles. The number of nitrogens with zero attached hydrogens (tertiary/aromatic N) is 2. The van der Waals surface area contributed by atoms with Crippen molar-refractivity contribution in [1.29, 1.82) is 0 Å². The summed E-state index contributed by atoms with van der Waals surface area (Å²) in [6, 6.07) is 0. The third-order valence-electron chi connectivity index (χ3n) is 9.26. The molecule has 2 unspecified atom stereocenters. The zero-order valence-corrected chi connectivity index (χ0v) is 30.4. The van der Waals surface area contributed by atoms with Gasteiger partial charge in [0, 0.05) is 18.8 Å². The van der Waals surface area contributed by atoms with Crippen LogP contribution in [0.4, 0.5) is 0 Å². The van der Waals surface area contributed by atoms with Gasteiger partial charge in [0.2, 0.25) is 0 Å². The van der Waals surface area contributed by atoms with Crippen molar-refractivity contribution in [2.75, 3.05) is 6.61 Å². The first-order valence-corrected chi connectivity index (χ1v) is 21.5. The fourth-order valence-electron chi connectivity index (χ4n) is 4.51. The van der Waals surface area contributed by atoms with Crippen LogP contribution in [0, 0.1) is 6.92 Å². The van der Waals surface area contributed by atoms with Crippen molar-refractivity contribution in [3.63, 3.8) is 0 Å². The van der Waals surface area contributed by atoms with Crippen LogP contribution in [0.2, 0.25) is 36.3 Å². The van der Waals surface area contributed by atoms with Gasteiger partial charge in [0.15, 0.2) is 28.5 Å². The second-order valence-corrected chi connectivity index (χ2v) is 25.4. The standard InChI is InChI=1S/C27H46N4O10SSi2/c1-16-13-31(24(35)30(8)22(16)34)23-19(40-44(11,12)26(5,6)7)27(18(39-23)14-38-43(9,10)25(2,3)4)17(15-42(36,37)41-27)29-21(33)20(28)32/h13,15,18-19,23H,14H2,1-12H3,(H2,28,32)(H,29,33)/t18?,19-,23+,27?/m0/s1. The molecular weight excluding hydrogens is 629 g/mol. The summed E-state index contributed by atoms with van der Waals surface area (Å²) in [7, 11) is -8.53. The van der Waals surface area contributed by atoms with Crippen molar-refractivity contribution in [2.24, 2.45) is 12.8 Å². The zero-order chi connectivity index (χ0) is 34.0. The minimum absolute atomic E-state index is 0.217. The molecule has 3 rings (SSSR count). The Kier molecular flexibility index (Phi) is 9.37. The third-order valence-corrected chi connectivity index (χ3v) is 19.2. The van der Waals surface area contributed by atoms with E-state index < -0.39 is 78.9 Å². The number of carbonyl (C=O) groups is 2. The molecule has 1 aromatic rings. The summed E-state index contributed by atoms with van der Waals surface area (Å²) in [6.07, 6.45) is -2.70. The molecule has 1 saturated heterocycles. The van der Waals surface area contributed by atoms with Crippen molar-refractivity contribution in [2.45, 2.75) is 109 Å². The maximum absolute atomic E-state index is 13.5. The summed E-state index contributed by atoms with van der Waals surface area (Å²) < 4.78 is 54.2. The predicted octanol–water partition coefficient (Wildman–Crippen LogP) is 1.71. The lowest BCUT2D eigenvalue weighted by Crippen LogP contribution is -2.60. The molecule has 2 amide bonds. The van der Waals surface area contributed by atoms with E-state index in [-0.39, 0.29) is 22.9 Å². The second-order valence-electron chi connectivity index (χ2n) is 14.5. The van der Waals surface area contributed by atoms with Gasteiger partial charge >= 0.3 is 17.5 Å². The highest BCUT2D eigenvalue weighted by molar-refractivity contribution is 7.90. The molecule has 0 radical (unpaired) electrons. The van der Waals surface area contributed by atoms with Crippen molar-refractivity contribution in [3.05, 3.63) is 43.7 Å². The highest BCUT2D eigenvalue weighted by atomic mass is 32.2. The minimum atomic E-state index is -4.50. The Morgan fingerprint density at radius 3 is 2.11 bits per heavy atom. The molecule has 1 spiro atoms. The van der Waals surface area contributed by atoms with E-state index in [0.29, 0.717) is 5.41 Å². The third kappa shape index (κ3) is 6.45. The normalized spacial score (nSPS) is 25.7. The van der Waals surface area contributed by atoms with Gasteiger partial charge in [-0.25, -0.2) is 8.98 Å². The molecule has 17 heteroatoms. The smallest absolute Gasteiger partial charge is 0.332 e. The lowest BCUT2D eigenvalue weighted by atomic mass is 9.89. The quantitative estimate of drug-likeness (QED) is 0.245. The molecule has 3 heterocycles. The first-order chi connectivity index (χ1) is 19.7. The van der Waals surface area contributed by atoms with Gasteiger partial charge in [-0.2, -0.15) is 8.42 Å². The van der Waals surface area contributed by atoms with E-state index in [1.165, 1.54) is 20.2 Å². The van der Waals surface area contributed by atoms with Crippen LogP contribution in [-0.4, -0.2) is 70.4 Å². The highest BCUT2D eigenvalue weighted by Crippen LogP contribution is 2.52. The molecule has 0 aliphatic carbocycles. The number of carbonyl (C=O) groups excluding carboxylic acids is 2. The van der Waals surface area contributed by atoms with Gasteiger partial charge in [-0.15, -0.1) is 0 Å². The molecule has 0 bridgehead atoms. The Labute approximate surface area is 260 Å². The lowest BCUT2D eigenvalue weighted by Gasteiger charge is -2.44. The second kappa shape index (κ2) is 11.4. The number of aromatic nitrogens is 2. The van der Waals surface area contributed by atoms with Gasteiger partial charge in [-0.3, -0.25) is 23.5 Å². The molecule has 2 aliphatic rings. The zero-order valence-electron chi connectivity index (χ0n) is 27.6. The first kappa shape index (κ1) is 36.1. The van der Waals surface area contributed by atoms with Crippen LogP contribution in [0.1, 0.15) is 53.3 Å². The summed E-state index contributed by atoms with van der Waals surface area (Å²) in [5.41, 5.74) is 1.72. The first-order valence-electron chi connectivity index (χ1n) is 14.2. The average molecular weight is 675 g/mol. The Bertz CT molecular complexity index is 1600. The number of rotatable bonds is 7. The van der Waals surface area contributed by atoms with Crippen molar-refractivity contribution in [3.8, 4) is 0 Å².